The van der Waals surface area contributed by atoms with Crippen LogP contribution >= 0.6 is 0 Å². The van der Waals surface area contributed by atoms with E-state index in [2.05, 4.69) is 13.8 Å². The van der Waals surface area contributed by atoms with Gasteiger partial charge in [-0.3, -0.25) is 0 Å². The summed E-state index contributed by atoms with van der Waals surface area (Å²) < 4.78 is 0. The number of hydrogen-bond acceptors (Lipinski definition) is 2. The van der Waals surface area contributed by atoms with Gasteiger partial charge in [0.25, 0.3) is 0 Å². The van der Waals surface area contributed by atoms with Crippen LogP contribution in [0.25, 0.3) is 0 Å². The van der Waals surface area contributed by atoms with Gasteiger partial charge < -0.3 is 10.2 Å². The summed E-state index contributed by atoms with van der Waals surface area (Å²) in [5.41, 5.74) is 0. The summed E-state index contributed by atoms with van der Waals surface area (Å²) in [7, 11) is 0. The Hall–Kier alpha value is -0.0800. The lowest BCUT2D eigenvalue weighted by Crippen LogP contribution is -2.22. The van der Waals surface area contributed by atoms with Crippen molar-refractivity contribution in [1.29, 1.82) is 0 Å². The number of aliphatic hydroxyl groups excluding tert-OH is 2. The summed E-state index contributed by atoms with van der Waals surface area (Å²) in [5, 5.41) is 18.6. The van der Waals surface area contributed by atoms with Crippen LogP contribution in [-0.2, 0) is 0 Å². The third-order valence-electron chi connectivity index (χ3n) is 2.71. The van der Waals surface area contributed by atoms with Gasteiger partial charge in [-0.05, 0) is 18.3 Å². The zero-order chi connectivity index (χ0) is 9.56. The molecule has 0 aromatic heterocycles. The van der Waals surface area contributed by atoms with E-state index in [1.807, 2.05) is 6.92 Å². The molecule has 0 heterocycles. The predicted octanol–water partition coefficient (Wildman–Crippen LogP) is 1.80. The SMILES string of the molecule is CCC(CO)CC(O)C(C)CC. The maximum absolute atomic E-state index is 9.64. The Labute approximate surface area is 75.6 Å². The van der Waals surface area contributed by atoms with Gasteiger partial charge in [0.2, 0.25) is 0 Å². The predicted molar refractivity (Wildman–Crippen MR) is 50.9 cm³/mol. The highest BCUT2D eigenvalue weighted by Crippen LogP contribution is 2.17. The topological polar surface area (TPSA) is 40.5 Å². The molecule has 0 aliphatic carbocycles. The van der Waals surface area contributed by atoms with Crippen LogP contribution in [0.2, 0.25) is 0 Å². The Bertz CT molecular complexity index is 100. The Morgan fingerprint density at radius 1 is 1.17 bits per heavy atom. The molecule has 0 radical (unpaired) electrons. The molecule has 3 atom stereocenters. The molecule has 0 aliphatic heterocycles. The first-order chi connectivity index (χ1) is 5.65. The van der Waals surface area contributed by atoms with Crippen LogP contribution in [0.15, 0.2) is 0 Å². The average molecular weight is 174 g/mol. The average Bonchev–Trinajstić information content (AvgIpc) is 2.12. The summed E-state index contributed by atoms with van der Waals surface area (Å²) in [6.45, 7) is 6.37. The molecule has 0 aliphatic rings. The molecule has 2 nitrogen and oxygen atoms in total. The van der Waals surface area contributed by atoms with E-state index in [1.54, 1.807) is 0 Å². The van der Waals surface area contributed by atoms with E-state index in [9.17, 15) is 5.11 Å². The summed E-state index contributed by atoms with van der Waals surface area (Å²) in [5.74, 6) is 0.625. The van der Waals surface area contributed by atoms with Crippen molar-refractivity contribution < 1.29 is 10.2 Å². The first kappa shape index (κ1) is 11.9. The molecule has 0 amide bonds. The van der Waals surface area contributed by atoms with Crippen molar-refractivity contribution >= 4 is 0 Å². The van der Waals surface area contributed by atoms with Gasteiger partial charge in [0.1, 0.15) is 0 Å². The maximum atomic E-state index is 9.64. The highest BCUT2D eigenvalue weighted by molar-refractivity contribution is 4.67. The monoisotopic (exact) mass is 174 g/mol. The van der Waals surface area contributed by atoms with Crippen molar-refractivity contribution in [2.24, 2.45) is 11.8 Å². The lowest BCUT2D eigenvalue weighted by Gasteiger charge is -2.21. The number of rotatable bonds is 6. The molecule has 0 bridgehead atoms. The van der Waals surface area contributed by atoms with Crippen LogP contribution in [0.1, 0.15) is 40.0 Å². The molecule has 0 fully saturated rings. The van der Waals surface area contributed by atoms with E-state index in [-0.39, 0.29) is 18.6 Å². The fourth-order valence-corrected chi connectivity index (χ4v) is 1.22. The van der Waals surface area contributed by atoms with E-state index in [1.165, 1.54) is 0 Å². The van der Waals surface area contributed by atoms with Crippen LogP contribution in [0.3, 0.4) is 0 Å². The molecule has 2 heteroatoms. The van der Waals surface area contributed by atoms with Crippen LogP contribution in [0.5, 0.6) is 0 Å². The van der Waals surface area contributed by atoms with E-state index in [4.69, 9.17) is 5.11 Å². The first-order valence-corrected chi connectivity index (χ1v) is 4.94. The molecule has 0 saturated heterocycles. The molecule has 3 unspecified atom stereocenters. The van der Waals surface area contributed by atoms with E-state index in [0.717, 1.165) is 19.3 Å². The second-order valence-corrected chi connectivity index (χ2v) is 3.65. The summed E-state index contributed by atoms with van der Waals surface area (Å²) in [6.07, 6.45) is 2.45. The van der Waals surface area contributed by atoms with Crippen molar-refractivity contribution in [3.05, 3.63) is 0 Å². The molecule has 12 heavy (non-hydrogen) atoms. The fraction of sp³-hybridized carbons (Fsp3) is 1.00. The zero-order valence-electron chi connectivity index (χ0n) is 8.45. The Morgan fingerprint density at radius 2 is 1.75 bits per heavy atom. The Balaban J connectivity index is 3.72. The van der Waals surface area contributed by atoms with Crippen LogP contribution in [-0.4, -0.2) is 22.9 Å². The van der Waals surface area contributed by atoms with Gasteiger partial charge in [-0.25, -0.2) is 0 Å². The molecule has 0 aromatic rings. The molecule has 0 spiro atoms. The number of aliphatic hydroxyl groups is 2. The van der Waals surface area contributed by atoms with E-state index in [0.29, 0.717) is 5.92 Å². The van der Waals surface area contributed by atoms with Gasteiger partial charge >= 0.3 is 0 Å². The van der Waals surface area contributed by atoms with Crippen LogP contribution in [0.4, 0.5) is 0 Å². The zero-order valence-corrected chi connectivity index (χ0v) is 8.45. The standard InChI is InChI=1S/C10H22O2/c1-4-8(3)10(12)6-9(5-2)7-11/h8-12H,4-7H2,1-3H3. The maximum Gasteiger partial charge on any atom is 0.0569 e. The third kappa shape index (κ3) is 4.07. The Kier molecular flexibility index (Phi) is 6.39. The van der Waals surface area contributed by atoms with E-state index < -0.39 is 0 Å². The largest absolute Gasteiger partial charge is 0.396 e. The molecule has 74 valence electrons. The molecule has 2 N–H and O–H groups in total. The lowest BCUT2D eigenvalue weighted by molar-refractivity contribution is 0.0714. The van der Waals surface area contributed by atoms with E-state index >= 15 is 0 Å². The van der Waals surface area contributed by atoms with Gasteiger partial charge in [-0.2, -0.15) is 0 Å². The highest BCUT2D eigenvalue weighted by Gasteiger charge is 2.16. The summed E-state index contributed by atoms with van der Waals surface area (Å²) in [6, 6.07) is 0. The fourth-order valence-electron chi connectivity index (χ4n) is 1.22. The molecular formula is C10H22O2. The highest BCUT2D eigenvalue weighted by atomic mass is 16.3. The summed E-state index contributed by atoms with van der Waals surface area (Å²) in [4.78, 5) is 0. The second-order valence-electron chi connectivity index (χ2n) is 3.65. The first-order valence-electron chi connectivity index (χ1n) is 4.94. The number of hydrogen-bond donors (Lipinski definition) is 2. The molecule has 0 aromatic carbocycles. The van der Waals surface area contributed by atoms with Gasteiger partial charge in [0, 0.05) is 6.61 Å². The quantitative estimate of drug-likeness (QED) is 0.644. The summed E-state index contributed by atoms with van der Waals surface area (Å²) >= 11 is 0. The molecule has 0 rings (SSSR count). The van der Waals surface area contributed by atoms with Crippen molar-refractivity contribution in [1.82, 2.24) is 0 Å². The van der Waals surface area contributed by atoms with Gasteiger partial charge in [0.15, 0.2) is 0 Å². The molecular weight excluding hydrogens is 152 g/mol. The van der Waals surface area contributed by atoms with Crippen molar-refractivity contribution in [2.45, 2.75) is 46.1 Å². The second kappa shape index (κ2) is 6.44. The van der Waals surface area contributed by atoms with Crippen molar-refractivity contribution in [2.75, 3.05) is 6.61 Å². The smallest absolute Gasteiger partial charge is 0.0569 e. The van der Waals surface area contributed by atoms with Crippen LogP contribution < -0.4 is 0 Å². The minimum absolute atomic E-state index is 0.198. The van der Waals surface area contributed by atoms with Crippen LogP contribution in [0, 0.1) is 11.8 Å². The Morgan fingerprint density at radius 3 is 2.08 bits per heavy atom. The van der Waals surface area contributed by atoms with Gasteiger partial charge in [-0.1, -0.05) is 33.6 Å². The van der Waals surface area contributed by atoms with Gasteiger partial charge in [0.05, 0.1) is 6.10 Å². The normalized spacial score (nSPS) is 18.8. The minimum Gasteiger partial charge on any atom is -0.396 e. The van der Waals surface area contributed by atoms with Gasteiger partial charge in [-0.15, -0.1) is 0 Å². The molecule has 0 saturated carbocycles. The third-order valence-corrected chi connectivity index (χ3v) is 2.71. The minimum atomic E-state index is -0.243. The van der Waals surface area contributed by atoms with Crippen molar-refractivity contribution in [3.63, 3.8) is 0 Å². The van der Waals surface area contributed by atoms with Crippen molar-refractivity contribution in [3.8, 4) is 0 Å². The lowest BCUT2D eigenvalue weighted by atomic mass is 9.91.